The normalized spacial score (nSPS) is 19.0. The van der Waals surface area contributed by atoms with E-state index in [2.05, 4.69) is 41.1 Å². The second kappa shape index (κ2) is 7.62. The number of likely N-dealkylation sites (tertiary alicyclic amines) is 1. The minimum Gasteiger partial charge on any atom is -0.310 e. The van der Waals surface area contributed by atoms with Gasteiger partial charge in [-0.25, -0.2) is 4.98 Å². The summed E-state index contributed by atoms with van der Waals surface area (Å²) in [6.07, 6.45) is 3.88. The third-order valence-electron chi connectivity index (χ3n) is 5.33. The van der Waals surface area contributed by atoms with Crippen molar-refractivity contribution < 1.29 is 4.79 Å². The third-order valence-corrected chi connectivity index (χ3v) is 5.33. The standard InChI is InChI=1S/C19H32N4O/c1-7-19(3,4)18(24)21-17-10-15(14(2)11-20-17)12-23-9-8-16(13-23)22(5)6/h10-11,16H,7-9,12-13H2,1-6H3,(H,20,21,24). The number of hydrogen-bond donors (Lipinski definition) is 1. The van der Waals surface area contributed by atoms with Gasteiger partial charge in [-0.2, -0.15) is 0 Å². The van der Waals surface area contributed by atoms with Crippen molar-refractivity contribution in [2.45, 2.75) is 53.1 Å². The number of carbonyl (C=O) groups excluding carboxylic acids is 1. The number of aryl methyl sites for hydroxylation is 1. The largest absolute Gasteiger partial charge is 0.310 e. The van der Waals surface area contributed by atoms with Crippen molar-refractivity contribution in [3.05, 3.63) is 23.4 Å². The molecule has 0 spiro atoms. The van der Waals surface area contributed by atoms with Crippen molar-refractivity contribution in [2.24, 2.45) is 5.41 Å². The topological polar surface area (TPSA) is 48.5 Å². The molecule has 0 aromatic carbocycles. The molecule has 1 aromatic rings. The SMILES string of the molecule is CCC(C)(C)C(=O)Nc1cc(CN2CCC(N(C)C)C2)c(C)cn1. The zero-order valence-corrected chi connectivity index (χ0v) is 16.0. The number of nitrogens with zero attached hydrogens (tertiary/aromatic N) is 3. The molecule has 1 aliphatic rings. The second-order valence-corrected chi connectivity index (χ2v) is 7.83. The van der Waals surface area contributed by atoms with Crippen LogP contribution < -0.4 is 5.32 Å². The van der Waals surface area contributed by atoms with Gasteiger partial charge in [-0.1, -0.05) is 20.8 Å². The van der Waals surface area contributed by atoms with E-state index in [4.69, 9.17) is 0 Å². The number of nitrogens with one attached hydrogen (secondary N) is 1. The first-order chi connectivity index (χ1) is 11.2. The van der Waals surface area contributed by atoms with Crippen molar-refractivity contribution in [2.75, 3.05) is 32.5 Å². The van der Waals surface area contributed by atoms with Crippen LogP contribution in [-0.2, 0) is 11.3 Å². The number of rotatable bonds is 6. The van der Waals surface area contributed by atoms with Crippen LogP contribution in [0.1, 0.15) is 44.7 Å². The summed E-state index contributed by atoms with van der Waals surface area (Å²) in [6, 6.07) is 2.67. The van der Waals surface area contributed by atoms with Crippen molar-refractivity contribution >= 4 is 11.7 Å². The fraction of sp³-hybridized carbons (Fsp3) is 0.684. The Bertz CT molecular complexity index is 583. The lowest BCUT2D eigenvalue weighted by Crippen LogP contribution is -2.31. The number of anilines is 1. The van der Waals surface area contributed by atoms with E-state index in [1.54, 1.807) is 0 Å². The van der Waals surface area contributed by atoms with Crippen LogP contribution in [0.5, 0.6) is 0 Å². The van der Waals surface area contributed by atoms with E-state index in [-0.39, 0.29) is 11.3 Å². The lowest BCUT2D eigenvalue weighted by molar-refractivity contribution is -0.124. The maximum atomic E-state index is 12.4. The van der Waals surface area contributed by atoms with Gasteiger partial charge in [-0.3, -0.25) is 9.69 Å². The molecule has 24 heavy (non-hydrogen) atoms. The van der Waals surface area contributed by atoms with Gasteiger partial charge in [-0.15, -0.1) is 0 Å². The fourth-order valence-corrected chi connectivity index (χ4v) is 2.87. The highest BCUT2D eigenvalue weighted by Crippen LogP contribution is 2.23. The highest BCUT2D eigenvalue weighted by Gasteiger charge is 2.26. The molecule has 0 saturated carbocycles. The average Bonchev–Trinajstić information content (AvgIpc) is 2.99. The maximum Gasteiger partial charge on any atom is 0.231 e. The van der Waals surface area contributed by atoms with E-state index in [0.29, 0.717) is 11.9 Å². The van der Waals surface area contributed by atoms with E-state index < -0.39 is 0 Å². The van der Waals surface area contributed by atoms with Gasteiger partial charge in [0.25, 0.3) is 0 Å². The van der Waals surface area contributed by atoms with Crippen molar-refractivity contribution in [3.8, 4) is 0 Å². The molecule has 1 fully saturated rings. The lowest BCUT2D eigenvalue weighted by atomic mass is 9.89. The van der Waals surface area contributed by atoms with Crippen LogP contribution in [0.4, 0.5) is 5.82 Å². The molecular weight excluding hydrogens is 300 g/mol. The molecule has 2 heterocycles. The Labute approximate surface area is 146 Å². The van der Waals surface area contributed by atoms with Crippen LogP contribution in [0.25, 0.3) is 0 Å². The molecule has 1 N–H and O–H groups in total. The Morgan fingerprint density at radius 1 is 1.46 bits per heavy atom. The van der Waals surface area contributed by atoms with Crippen molar-refractivity contribution in [1.29, 1.82) is 0 Å². The van der Waals surface area contributed by atoms with Crippen LogP contribution in [-0.4, -0.2) is 53.9 Å². The summed E-state index contributed by atoms with van der Waals surface area (Å²) >= 11 is 0. The molecule has 1 aromatic heterocycles. The Morgan fingerprint density at radius 3 is 2.75 bits per heavy atom. The van der Waals surface area contributed by atoms with Crippen LogP contribution >= 0.6 is 0 Å². The van der Waals surface area contributed by atoms with Gasteiger partial charge in [0.15, 0.2) is 0 Å². The molecule has 134 valence electrons. The number of pyridine rings is 1. The zero-order chi connectivity index (χ0) is 17.9. The number of amides is 1. The maximum absolute atomic E-state index is 12.4. The van der Waals surface area contributed by atoms with Gasteiger partial charge in [-0.05, 0) is 51.1 Å². The van der Waals surface area contributed by atoms with Gasteiger partial charge >= 0.3 is 0 Å². The number of hydrogen-bond acceptors (Lipinski definition) is 4. The fourth-order valence-electron chi connectivity index (χ4n) is 2.87. The van der Waals surface area contributed by atoms with Crippen LogP contribution in [0.3, 0.4) is 0 Å². The van der Waals surface area contributed by atoms with Crippen LogP contribution in [0, 0.1) is 12.3 Å². The predicted octanol–water partition coefficient (Wildman–Crippen LogP) is 2.90. The Kier molecular flexibility index (Phi) is 5.99. The van der Waals surface area contributed by atoms with E-state index in [0.717, 1.165) is 26.1 Å². The van der Waals surface area contributed by atoms with Gasteiger partial charge in [0, 0.05) is 37.3 Å². The molecule has 1 saturated heterocycles. The molecule has 5 heteroatoms. The van der Waals surface area contributed by atoms with Crippen molar-refractivity contribution in [1.82, 2.24) is 14.8 Å². The zero-order valence-electron chi connectivity index (χ0n) is 16.0. The predicted molar refractivity (Wildman–Crippen MR) is 99.0 cm³/mol. The number of carbonyl (C=O) groups is 1. The second-order valence-electron chi connectivity index (χ2n) is 7.83. The first-order valence-electron chi connectivity index (χ1n) is 8.88. The first-order valence-corrected chi connectivity index (χ1v) is 8.88. The molecule has 1 amide bonds. The summed E-state index contributed by atoms with van der Waals surface area (Å²) in [4.78, 5) is 21.5. The quantitative estimate of drug-likeness (QED) is 0.870. The molecule has 5 nitrogen and oxygen atoms in total. The summed E-state index contributed by atoms with van der Waals surface area (Å²) < 4.78 is 0. The van der Waals surface area contributed by atoms with Crippen LogP contribution in [0.15, 0.2) is 12.3 Å². The molecular formula is C19H32N4O. The molecule has 0 bridgehead atoms. The third kappa shape index (κ3) is 4.54. The van der Waals surface area contributed by atoms with E-state index >= 15 is 0 Å². The molecule has 2 rings (SSSR count). The molecule has 0 radical (unpaired) electrons. The monoisotopic (exact) mass is 332 g/mol. The van der Waals surface area contributed by atoms with E-state index in [9.17, 15) is 4.79 Å². The van der Waals surface area contributed by atoms with Gasteiger partial charge in [0.05, 0.1) is 0 Å². The average molecular weight is 332 g/mol. The molecule has 1 atom stereocenters. The minimum absolute atomic E-state index is 0.0288. The Balaban J connectivity index is 2.05. The minimum atomic E-state index is -0.374. The van der Waals surface area contributed by atoms with E-state index in [1.165, 1.54) is 17.5 Å². The summed E-state index contributed by atoms with van der Waals surface area (Å²) in [6.45, 7) is 11.2. The Hall–Kier alpha value is -1.46. The Morgan fingerprint density at radius 2 is 2.17 bits per heavy atom. The molecule has 1 aliphatic heterocycles. The molecule has 0 aliphatic carbocycles. The smallest absolute Gasteiger partial charge is 0.231 e. The molecule has 1 unspecified atom stereocenters. The highest BCUT2D eigenvalue weighted by molar-refractivity contribution is 5.94. The number of likely N-dealkylation sites (N-methyl/N-ethyl adjacent to an activating group) is 1. The summed E-state index contributed by atoms with van der Waals surface area (Å²) in [5, 5.41) is 2.98. The van der Waals surface area contributed by atoms with Crippen molar-refractivity contribution in [3.63, 3.8) is 0 Å². The summed E-state index contributed by atoms with van der Waals surface area (Å²) in [7, 11) is 4.30. The van der Waals surface area contributed by atoms with Gasteiger partial charge in [0.1, 0.15) is 5.82 Å². The van der Waals surface area contributed by atoms with Gasteiger partial charge in [0.2, 0.25) is 5.91 Å². The number of aromatic nitrogens is 1. The lowest BCUT2D eigenvalue weighted by Gasteiger charge is -2.22. The highest BCUT2D eigenvalue weighted by atomic mass is 16.2. The van der Waals surface area contributed by atoms with E-state index in [1.807, 2.05) is 33.0 Å². The van der Waals surface area contributed by atoms with Gasteiger partial charge < -0.3 is 10.2 Å². The summed E-state index contributed by atoms with van der Waals surface area (Å²) in [5.74, 6) is 0.687. The first kappa shape index (κ1) is 18.9. The summed E-state index contributed by atoms with van der Waals surface area (Å²) in [5.41, 5.74) is 2.05. The van der Waals surface area contributed by atoms with Crippen LogP contribution in [0.2, 0.25) is 0 Å².